The van der Waals surface area contributed by atoms with Crippen LogP contribution in [0, 0.1) is 12.8 Å². The van der Waals surface area contributed by atoms with Crippen LogP contribution in [0.5, 0.6) is 5.75 Å². The lowest BCUT2D eigenvalue weighted by Gasteiger charge is -2.31. The number of hydrogen-bond donors (Lipinski definition) is 1. The summed E-state index contributed by atoms with van der Waals surface area (Å²) in [7, 11) is 1.66. The van der Waals surface area contributed by atoms with Crippen molar-refractivity contribution in [2.75, 3.05) is 25.5 Å². The number of nitrogens with one attached hydrogen (secondary N) is 1. The average Bonchev–Trinajstić information content (AvgIpc) is 2.81. The summed E-state index contributed by atoms with van der Waals surface area (Å²) in [5, 5.41) is 3.11. The first-order valence-corrected chi connectivity index (χ1v) is 10.7. The third-order valence-corrected chi connectivity index (χ3v) is 5.73. The minimum Gasteiger partial charge on any atom is -0.497 e. The third-order valence-electron chi connectivity index (χ3n) is 5.73. The van der Waals surface area contributed by atoms with Crippen molar-refractivity contribution < 1.29 is 9.53 Å². The fraction of sp³-hybridized carbons (Fsp3) is 0.320. The van der Waals surface area contributed by atoms with E-state index in [4.69, 9.17) is 4.74 Å². The first kappa shape index (κ1) is 21.0. The van der Waals surface area contributed by atoms with E-state index in [1.54, 1.807) is 7.11 Å². The first-order chi connectivity index (χ1) is 15.1. The van der Waals surface area contributed by atoms with E-state index in [1.807, 2.05) is 67.8 Å². The lowest BCUT2D eigenvalue weighted by molar-refractivity contribution is -0.121. The van der Waals surface area contributed by atoms with Crippen molar-refractivity contribution in [1.29, 1.82) is 0 Å². The molecule has 2 heterocycles. The summed E-state index contributed by atoms with van der Waals surface area (Å²) in [4.78, 5) is 23.7. The number of carbonyl (C=O) groups excluding carboxylic acids is 1. The van der Waals surface area contributed by atoms with Crippen LogP contribution in [0.4, 0.5) is 5.69 Å². The predicted molar refractivity (Wildman–Crippen MR) is 122 cm³/mol. The topological polar surface area (TPSA) is 67.3 Å². The van der Waals surface area contributed by atoms with Crippen molar-refractivity contribution in [2.45, 2.75) is 26.3 Å². The lowest BCUT2D eigenvalue weighted by atomic mass is 9.95. The number of likely N-dealkylation sites (tertiary alicyclic amines) is 1. The van der Waals surface area contributed by atoms with E-state index < -0.39 is 0 Å². The van der Waals surface area contributed by atoms with Crippen LogP contribution in [0.15, 0.2) is 60.9 Å². The Kier molecular flexibility index (Phi) is 6.57. The number of piperidine rings is 1. The molecule has 160 valence electrons. The Hall–Kier alpha value is -3.25. The molecule has 2 aromatic carbocycles. The maximum Gasteiger partial charge on any atom is 0.227 e. The molecule has 6 heteroatoms. The monoisotopic (exact) mass is 416 g/mol. The van der Waals surface area contributed by atoms with Gasteiger partial charge >= 0.3 is 0 Å². The van der Waals surface area contributed by atoms with Gasteiger partial charge in [0.15, 0.2) is 0 Å². The van der Waals surface area contributed by atoms with Crippen molar-refractivity contribution in [3.63, 3.8) is 0 Å². The fourth-order valence-electron chi connectivity index (χ4n) is 3.94. The molecule has 1 amide bonds. The number of aromatic nitrogens is 2. The Morgan fingerprint density at radius 2 is 1.74 bits per heavy atom. The lowest BCUT2D eigenvalue weighted by Crippen LogP contribution is -2.37. The Balaban J connectivity index is 1.33. The highest BCUT2D eigenvalue weighted by atomic mass is 16.5. The van der Waals surface area contributed by atoms with Crippen LogP contribution in [0.25, 0.3) is 11.1 Å². The second-order valence-electron chi connectivity index (χ2n) is 7.99. The smallest absolute Gasteiger partial charge is 0.227 e. The highest BCUT2D eigenvalue weighted by Crippen LogP contribution is 2.27. The summed E-state index contributed by atoms with van der Waals surface area (Å²) in [5.74, 6) is 1.73. The summed E-state index contributed by atoms with van der Waals surface area (Å²) in [6.07, 6.45) is 5.48. The average molecular weight is 417 g/mol. The van der Waals surface area contributed by atoms with Gasteiger partial charge in [-0.05, 0) is 68.2 Å². The summed E-state index contributed by atoms with van der Waals surface area (Å²) in [6.45, 7) is 4.52. The maximum atomic E-state index is 12.8. The molecule has 0 atom stereocenters. The zero-order valence-corrected chi connectivity index (χ0v) is 18.0. The molecule has 0 bridgehead atoms. The van der Waals surface area contributed by atoms with E-state index in [-0.39, 0.29) is 11.8 Å². The second kappa shape index (κ2) is 9.71. The number of hydrogen-bond acceptors (Lipinski definition) is 5. The quantitative estimate of drug-likeness (QED) is 0.649. The molecule has 1 aliphatic rings. The number of benzene rings is 2. The van der Waals surface area contributed by atoms with E-state index in [0.717, 1.165) is 66.4 Å². The van der Waals surface area contributed by atoms with Gasteiger partial charge in [-0.15, -0.1) is 0 Å². The highest BCUT2D eigenvalue weighted by molar-refractivity contribution is 5.93. The summed E-state index contributed by atoms with van der Waals surface area (Å²) in [6, 6.07) is 15.9. The van der Waals surface area contributed by atoms with Gasteiger partial charge in [-0.1, -0.05) is 24.3 Å². The molecule has 31 heavy (non-hydrogen) atoms. The van der Waals surface area contributed by atoms with Gasteiger partial charge in [-0.3, -0.25) is 9.69 Å². The fourth-order valence-corrected chi connectivity index (χ4v) is 3.94. The van der Waals surface area contributed by atoms with E-state index >= 15 is 0 Å². The Morgan fingerprint density at radius 1 is 1.06 bits per heavy atom. The van der Waals surface area contributed by atoms with E-state index in [2.05, 4.69) is 20.2 Å². The van der Waals surface area contributed by atoms with Crippen molar-refractivity contribution in [1.82, 2.24) is 14.9 Å². The number of ether oxygens (including phenoxy) is 1. The molecular formula is C25H28N4O2. The minimum absolute atomic E-state index is 0.0333. The molecule has 1 N–H and O–H groups in total. The van der Waals surface area contributed by atoms with Crippen LogP contribution in [0.1, 0.15) is 24.2 Å². The van der Waals surface area contributed by atoms with Crippen molar-refractivity contribution in [3.8, 4) is 16.9 Å². The molecule has 3 aromatic rings. The molecule has 0 spiro atoms. The van der Waals surface area contributed by atoms with Crippen molar-refractivity contribution in [3.05, 3.63) is 72.3 Å². The zero-order valence-electron chi connectivity index (χ0n) is 18.0. The Bertz CT molecular complexity index is 1030. The number of methoxy groups -OCH3 is 1. The summed E-state index contributed by atoms with van der Waals surface area (Å²) in [5.41, 5.74) is 4.04. The van der Waals surface area contributed by atoms with Crippen LogP contribution in [0.3, 0.4) is 0 Å². The normalized spacial score (nSPS) is 14.9. The molecule has 4 rings (SSSR count). The SMILES string of the molecule is COc1cccc(-c2cccc(NC(=O)C3CCN(Cc4cnc(C)nc4)CC3)c2)c1. The number of aryl methyl sites for hydroxylation is 1. The molecule has 1 aromatic heterocycles. The second-order valence-corrected chi connectivity index (χ2v) is 7.99. The standard InChI is InChI=1S/C25H28N4O2/c1-18-26-15-19(16-27-18)17-29-11-9-20(10-12-29)25(30)28-23-7-3-5-21(13-23)22-6-4-8-24(14-22)31-2/h3-8,13-16,20H,9-12,17H2,1-2H3,(H,28,30). The van der Waals surface area contributed by atoms with Gasteiger partial charge in [0.05, 0.1) is 7.11 Å². The predicted octanol–water partition coefficient (Wildman–Crippen LogP) is 4.31. The maximum absolute atomic E-state index is 12.8. The highest BCUT2D eigenvalue weighted by Gasteiger charge is 2.25. The van der Waals surface area contributed by atoms with E-state index in [1.165, 1.54) is 0 Å². The summed E-state index contributed by atoms with van der Waals surface area (Å²) >= 11 is 0. The minimum atomic E-state index is 0.0333. The van der Waals surface area contributed by atoms with E-state index in [9.17, 15) is 4.79 Å². The molecule has 1 saturated heterocycles. The molecule has 1 fully saturated rings. The molecule has 0 aliphatic carbocycles. The van der Waals surface area contributed by atoms with Crippen LogP contribution in [0.2, 0.25) is 0 Å². The van der Waals surface area contributed by atoms with Gasteiger partial charge in [0.25, 0.3) is 0 Å². The van der Waals surface area contributed by atoms with Gasteiger partial charge < -0.3 is 10.1 Å². The van der Waals surface area contributed by atoms with Gasteiger partial charge in [0.2, 0.25) is 5.91 Å². The van der Waals surface area contributed by atoms with Crippen LogP contribution < -0.4 is 10.1 Å². The summed E-state index contributed by atoms with van der Waals surface area (Å²) < 4.78 is 5.32. The molecular weight excluding hydrogens is 388 g/mol. The number of anilines is 1. The Morgan fingerprint density at radius 3 is 2.45 bits per heavy atom. The van der Waals surface area contributed by atoms with Crippen LogP contribution in [-0.4, -0.2) is 41.0 Å². The van der Waals surface area contributed by atoms with Gasteiger partial charge in [0, 0.05) is 36.1 Å². The number of nitrogens with zero attached hydrogens (tertiary/aromatic N) is 3. The van der Waals surface area contributed by atoms with Gasteiger partial charge in [-0.25, -0.2) is 9.97 Å². The number of amides is 1. The van der Waals surface area contributed by atoms with Crippen LogP contribution >= 0.6 is 0 Å². The Labute approximate surface area is 183 Å². The molecule has 6 nitrogen and oxygen atoms in total. The molecule has 0 radical (unpaired) electrons. The van der Waals surface area contributed by atoms with Crippen LogP contribution in [-0.2, 0) is 11.3 Å². The van der Waals surface area contributed by atoms with Crippen molar-refractivity contribution >= 4 is 11.6 Å². The number of rotatable bonds is 6. The van der Waals surface area contributed by atoms with Crippen molar-refractivity contribution in [2.24, 2.45) is 5.92 Å². The van der Waals surface area contributed by atoms with Gasteiger partial charge in [0.1, 0.15) is 11.6 Å². The van der Waals surface area contributed by atoms with Gasteiger partial charge in [-0.2, -0.15) is 0 Å². The molecule has 0 saturated carbocycles. The molecule has 0 unspecified atom stereocenters. The largest absolute Gasteiger partial charge is 0.497 e. The van der Waals surface area contributed by atoms with E-state index in [0.29, 0.717) is 0 Å². The zero-order chi connectivity index (χ0) is 21.6. The third kappa shape index (κ3) is 5.47. The first-order valence-electron chi connectivity index (χ1n) is 10.7. The number of carbonyl (C=O) groups is 1. The molecule has 1 aliphatic heterocycles.